The van der Waals surface area contributed by atoms with Crippen LogP contribution in [0.2, 0.25) is 0 Å². The minimum atomic E-state index is -0.303. The molecule has 0 aliphatic rings. The molecule has 25 heavy (non-hydrogen) atoms. The van der Waals surface area contributed by atoms with Crippen LogP contribution in [0.1, 0.15) is 10.5 Å². The molecule has 2 heterocycles. The second-order valence-electron chi connectivity index (χ2n) is 5.34. The Labute approximate surface area is 143 Å². The molecular formula is C19H14N4O2. The van der Waals surface area contributed by atoms with Gasteiger partial charge in [0.05, 0.1) is 0 Å². The molecule has 0 saturated heterocycles. The first kappa shape index (κ1) is 14.9. The van der Waals surface area contributed by atoms with Crippen molar-refractivity contribution in [1.29, 1.82) is 0 Å². The van der Waals surface area contributed by atoms with Gasteiger partial charge in [0.25, 0.3) is 5.91 Å². The van der Waals surface area contributed by atoms with E-state index in [9.17, 15) is 4.79 Å². The number of ether oxygens (including phenoxy) is 1. The number of nitrogens with one attached hydrogen (secondary N) is 1. The Morgan fingerprint density at radius 2 is 1.80 bits per heavy atom. The molecule has 0 aliphatic carbocycles. The highest BCUT2D eigenvalue weighted by atomic mass is 16.5. The Kier molecular flexibility index (Phi) is 3.84. The summed E-state index contributed by atoms with van der Waals surface area (Å²) in [6, 6.07) is 18.3. The molecule has 1 amide bonds. The Hall–Kier alpha value is -3.67. The minimum Gasteiger partial charge on any atom is -0.457 e. The molecule has 6 heteroatoms. The first-order chi connectivity index (χ1) is 12.3. The fourth-order valence-corrected chi connectivity index (χ4v) is 2.39. The van der Waals surface area contributed by atoms with Gasteiger partial charge in [-0.2, -0.15) is 0 Å². The number of fused-ring (bicyclic) bond motifs is 1. The SMILES string of the molecule is O=C(Nc1cccc(Oc2ccccc2)c1)c1ccn2ccnc2n1. The third kappa shape index (κ3) is 3.32. The van der Waals surface area contributed by atoms with Gasteiger partial charge in [-0.15, -0.1) is 0 Å². The summed E-state index contributed by atoms with van der Waals surface area (Å²) >= 11 is 0. The van der Waals surface area contributed by atoms with Crippen LogP contribution in [0, 0.1) is 0 Å². The van der Waals surface area contributed by atoms with Crippen LogP contribution in [0.25, 0.3) is 5.78 Å². The topological polar surface area (TPSA) is 68.5 Å². The van der Waals surface area contributed by atoms with Gasteiger partial charge >= 0.3 is 0 Å². The molecule has 0 spiro atoms. The first-order valence-corrected chi connectivity index (χ1v) is 7.72. The lowest BCUT2D eigenvalue weighted by atomic mass is 10.2. The molecule has 2 aromatic carbocycles. The number of amides is 1. The average molecular weight is 330 g/mol. The number of imidazole rings is 1. The molecule has 122 valence electrons. The van der Waals surface area contributed by atoms with Gasteiger partial charge < -0.3 is 10.1 Å². The number of carbonyl (C=O) groups excluding carboxylic acids is 1. The van der Waals surface area contributed by atoms with Crippen LogP contribution >= 0.6 is 0 Å². The number of carbonyl (C=O) groups is 1. The number of para-hydroxylation sites is 1. The lowest BCUT2D eigenvalue weighted by Crippen LogP contribution is -2.14. The maximum absolute atomic E-state index is 12.4. The fraction of sp³-hybridized carbons (Fsp3) is 0. The summed E-state index contributed by atoms with van der Waals surface area (Å²) in [5, 5.41) is 2.82. The summed E-state index contributed by atoms with van der Waals surface area (Å²) in [6.45, 7) is 0. The van der Waals surface area contributed by atoms with E-state index in [1.54, 1.807) is 41.2 Å². The van der Waals surface area contributed by atoms with E-state index in [1.807, 2.05) is 42.5 Å². The molecule has 2 aromatic heterocycles. The predicted octanol–water partition coefficient (Wildman–Crippen LogP) is 3.77. The molecule has 0 aliphatic heterocycles. The van der Waals surface area contributed by atoms with E-state index in [4.69, 9.17) is 4.74 Å². The molecule has 0 radical (unpaired) electrons. The van der Waals surface area contributed by atoms with Gasteiger partial charge in [0.15, 0.2) is 0 Å². The van der Waals surface area contributed by atoms with Crippen molar-refractivity contribution < 1.29 is 9.53 Å². The summed E-state index contributed by atoms with van der Waals surface area (Å²) in [5.41, 5.74) is 0.927. The Bertz CT molecular complexity index is 1030. The highest BCUT2D eigenvalue weighted by Gasteiger charge is 2.10. The first-order valence-electron chi connectivity index (χ1n) is 7.72. The lowest BCUT2D eigenvalue weighted by molar-refractivity contribution is 0.102. The summed E-state index contributed by atoms with van der Waals surface area (Å²) in [5.74, 6) is 1.55. The summed E-state index contributed by atoms with van der Waals surface area (Å²) < 4.78 is 7.51. The van der Waals surface area contributed by atoms with Crippen LogP contribution in [0.5, 0.6) is 11.5 Å². The van der Waals surface area contributed by atoms with Gasteiger partial charge in [0.2, 0.25) is 5.78 Å². The Morgan fingerprint density at radius 3 is 2.68 bits per heavy atom. The predicted molar refractivity (Wildman–Crippen MR) is 93.9 cm³/mol. The number of hydrogen-bond donors (Lipinski definition) is 1. The summed E-state index contributed by atoms with van der Waals surface area (Å²) in [7, 11) is 0. The molecule has 4 rings (SSSR count). The van der Waals surface area contributed by atoms with Crippen LogP contribution in [-0.4, -0.2) is 20.3 Å². The van der Waals surface area contributed by atoms with Crippen LogP contribution in [0.15, 0.2) is 79.3 Å². The highest BCUT2D eigenvalue weighted by Crippen LogP contribution is 2.24. The number of benzene rings is 2. The van der Waals surface area contributed by atoms with Crippen molar-refractivity contribution in [3.8, 4) is 11.5 Å². The van der Waals surface area contributed by atoms with Crippen molar-refractivity contribution in [3.63, 3.8) is 0 Å². The van der Waals surface area contributed by atoms with Gasteiger partial charge in [0.1, 0.15) is 17.2 Å². The molecule has 0 saturated carbocycles. The van der Waals surface area contributed by atoms with E-state index in [0.29, 0.717) is 22.9 Å². The van der Waals surface area contributed by atoms with Crippen LogP contribution < -0.4 is 10.1 Å². The average Bonchev–Trinajstić information content (AvgIpc) is 3.10. The number of rotatable bonds is 4. The summed E-state index contributed by atoms with van der Waals surface area (Å²) in [4.78, 5) is 20.7. The van der Waals surface area contributed by atoms with Crippen molar-refractivity contribution in [2.45, 2.75) is 0 Å². The van der Waals surface area contributed by atoms with Crippen molar-refractivity contribution in [3.05, 3.63) is 84.9 Å². The third-order valence-corrected chi connectivity index (χ3v) is 3.57. The van der Waals surface area contributed by atoms with E-state index in [-0.39, 0.29) is 5.91 Å². The molecule has 0 unspecified atom stereocenters. The van der Waals surface area contributed by atoms with E-state index in [0.717, 1.165) is 5.75 Å². The van der Waals surface area contributed by atoms with Gasteiger partial charge in [-0.05, 0) is 30.3 Å². The lowest BCUT2D eigenvalue weighted by Gasteiger charge is -2.09. The van der Waals surface area contributed by atoms with Gasteiger partial charge in [-0.25, -0.2) is 9.97 Å². The van der Waals surface area contributed by atoms with E-state index < -0.39 is 0 Å². The molecule has 0 atom stereocenters. The van der Waals surface area contributed by atoms with Crippen molar-refractivity contribution in [2.24, 2.45) is 0 Å². The third-order valence-electron chi connectivity index (χ3n) is 3.57. The molecule has 0 fully saturated rings. The van der Waals surface area contributed by atoms with Crippen LogP contribution in [0.4, 0.5) is 5.69 Å². The summed E-state index contributed by atoms with van der Waals surface area (Å²) in [6.07, 6.45) is 5.15. The molecule has 0 bridgehead atoms. The van der Waals surface area contributed by atoms with Gasteiger partial charge in [0, 0.05) is 30.3 Å². The zero-order valence-electron chi connectivity index (χ0n) is 13.2. The Morgan fingerprint density at radius 1 is 0.960 bits per heavy atom. The van der Waals surface area contributed by atoms with Crippen molar-refractivity contribution in [2.75, 3.05) is 5.32 Å². The van der Waals surface area contributed by atoms with Crippen LogP contribution in [-0.2, 0) is 0 Å². The van der Waals surface area contributed by atoms with E-state index in [2.05, 4.69) is 15.3 Å². The quantitative estimate of drug-likeness (QED) is 0.618. The smallest absolute Gasteiger partial charge is 0.274 e. The van der Waals surface area contributed by atoms with Gasteiger partial charge in [-0.1, -0.05) is 24.3 Å². The molecule has 6 nitrogen and oxygen atoms in total. The largest absolute Gasteiger partial charge is 0.457 e. The molecule has 4 aromatic rings. The number of anilines is 1. The zero-order chi connectivity index (χ0) is 17.1. The second-order valence-corrected chi connectivity index (χ2v) is 5.34. The second kappa shape index (κ2) is 6.45. The Balaban J connectivity index is 1.52. The molecular weight excluding hydrogens is 316 g/mol. The maximum atomic E-state index is 12.4. The van der Waals surface area contributed by atoms with Gasteiger partial charge in [-0.3, -0.25) is 9.20 Å². The minimum absolute atomic E-state index is 0.299. The number of nitrogens with zero attached hydrogens (tertiary/aromatic N) is 3. The maximum Gasteiger partial charge on any atom is 0.274 e. The van der Waals surface area contributed by atoms with Crippen LogP contribution in [0.3, 0.4) is 0 Å². The standard InChI is InChI=1S/C19H14N4O2/c24-18(17-9-11-23-12-10-20-19(23)22-17)21-14-5-4-8-16(13-14)25-15-6-2-1-3-7-15/h1-13H,(H,21,24). The monoisotopic (exact) mass is 330 g/mol. The number of aromatic nitrogens is 3. The number of hydrogen-bond acceptors (Lipinski definition) is 4. The zero-order valence-corrected chi connectivity index (χ0v) is 13.2. The van der Waals surface area contributed by atoms with Crippen molar-refractivity contribution in [1.82, 2.24) is 14.4 Å². The highest BCUT2D eigenvalue weighted by molar-refractivity contribution is 6.03. The van der Waals surface area contributed by atoms with E-state index >= 15 is 0 Å². The van der Waals surface area contributed by atoms with Crippen molar-refractivity contribution >= 4 is 17.4 Å². The fourth-order valence-electron chi connectivity index (χ4n) is 2.39. The normalized spacial score (nSPS) is 10.6. The molecule has 1 N–H and O–H groups in total. The van der Waals surface area contributed by atoms with E-state index in [1.165, 1.54) is 0 Å².